The number of aldehydes is 1. The highest BCUT2D eigenvalue weighted by molar-refractivity contribution is 6.37. The molecule has 1 N–H and O–H groups in total. The minimum atomic E-state index is -0.0452. The van der Waals surface area contributed by atoms with Crippen molar-refractivity contribution in [1.29, 1.82) is 5.26 Å². The van der Waals surface area contributed by atoms with Crippen molar-refractivity contribution in [2.24, 2.45) is 0 Å². The van der Waals surface area contributed by atoms with Crippen LogP contribution >= 0.6 is 23.2 Å². The number of nitriles is 1. The van der Waals surface area contributed by atoms with Gasteiger partial charge in [-0.1, -0.05) is 37.0 Å². The summed E-state index contributed by atoms with van der Waals surface area (Å²) in [6.45, 7) is 5.79. The smallest absolute Gasteiger partial charge is 0.157 e. The molecule has 0 unspecified atom stereocenters. The van der Waals surface area contributed by atoms with Crippen LogP contribution in [-0.2, 0) is 9.53 Å². The van der Waals surface area contributed by atoms with Crippen molar-refractivity contribution in [3.05, 3.63) is 57.9 Å². The van der Waals surface area contributed by atoms with E-state index in [0.717, 1.165) is 11.1 Å². The first-order valence-electron chi connectivity index (χ1n) is 10.4. The summed E-state index contributed by atoms with van der Waals surface area (Å²) in [5.41, 5.74) is 3.43. The van der Waals surface area contributed by atoms with Gasteiger partial charge in [-0.15, -0.1) is 0 Å². The number of allylic oxidation sites excluding steroid dienone is 1. The maximum Gasteiger partial charge on any atom is 0.157 e. The van der Waals surface area contributed by atoms with Crippen molar-refractivity contribution in [2.45, 2.75) is 20.8 Å². The van der Waals surface area contributed by atoms with Gasteiger partial charge in [0.15, 0.2) is 6.29 Å². The maximum atomic E-state index is 10.5. The highest BCUT2D eigenvalue weighted by Gasteiger charge is 2.16. The molecule has 1 heterocycles. The van der Waals surface area contributed by atoms with Crippen molar-refractivity contribution in [3.8, 4) is 17.6 Å². The zero-order chi connectivity index (χ0) is 25.3. The summed E-state index contributed by atoms with van der Waals surface area (Å²) in [6.07, 6.45) is 3.63. The number of hydrogen-bond donors (Lipinski definition) is 1. The van der Waals surface area contributed by atoms with E-state index in [1.807, 2.05) is 26.8 Å². The standard InChI is InChI=1S/C23H19Cl2N3O4.C2H6/c1-13(12-32-5-4-29)15-6-19-16(7-21(15)30-2)23(14(10-26)11-27-19)28-20-9-22(31-3)18(25)8-17(20)24;1-2/h4,6-9,11-12H,5H2,1-3H3,(H,27,28);1-2H3/b13-12+;. The molecule has 0 amide bonds. The number of rotatable bonds is 8. The van der Waals surface area contributed by atoms with Crippen LogP contribution in [0.2, 0.25) is 10.0 Å². The minimum Gasteiger partial charge on any atom is -0.496 e. The molecule has 1 aromatic heterocycles. The molecule has 0 aliphatic rings. The second kappa shape index (κ2) is 12.7. The number of fused-ring (bicyclic) bond motifs is 1. The molecule has 2 aromatic carbocycles. The molecule has 0 atom stereocenters. The Labute approximate surface area is 208 Å². The van der Waals surface area contributed by atoms with E-state index in [-0.39, 0.29) is 6.61 Å². The molecule has 0 spiro atoms. The molecule has 0 bridgehead atoms. The third-order valence-electron chi connectivity index (χ3n) is 4.66. The van der Waals surface area contributed by atoms with Crippen LogP contribution in [0.4, 0.5) is 11.4 Å². The topological polar surface area (TPSA) is 93.5 Å². The van der Waals surface area contributed by atoms with Gasteiger partial charge in [-0.05, 0) is 30.7 Å². The van der Waals surface area contributed by atoms with Crippen LogP contribution < -0.4 is 14.8 Å². The molecule has 0 saturated heterocycles. The zero-order valence-electron chi connectivity index (χ0n) is 19.5. The van der Waals surface area contributed by atoms with E-state index in [1.165, 1.54) is 19.6 Å². The largest absolute Gasteiger partial charge is 0.496 e. The number of hydrogen-bond acceptors (Lipinski definition) is 7. The number of carbonyl (C=O) groups is 1. The Kier molecular flexibility index (Phi) is 9.99. The number of nitrogens with zero attached hydrogens (tertiary/aromatic N) is 2. The van der Waals surface area contributed by atoms with E-state index >= 15 is 0 Å². The summed E-state index contributed by atoms with van der Waals surface area (Å²) < 4.78 is 16.0. The van der Waals surface area contributed by atoms with Crippen LogP contribution in [0.25, 0.3) is 16.5 Å². The van der Waals surface area contributed by atoms with Gasteiger partial charge in [-0.2, -0.15) is 5.26 Å². The number of anilines is 2. The van der Waals surface area contributed by atoms with Gasteiger partial charge in [0, 0.05) is 23.2 Å². The zero-order valence-corrected chi connectivity index (χ0v) is 21.0. The molecule has 0 aliphatic heterocycles. The minimum absolute atomic E-state index is 0.0452. The molecule has 34 heavy (non-hydrogen) atoms. The normalized spacial score (nSPS) is 10.6. The fourth-order valence-corrected chi connectivity index (χ4v) is 3.62. The number of halogens is 2. The number of carbonyl (C=O) groups excluding carboxylic acids is 1. The molecular weight excluding hydrogens is 477 g/mol. The highest BCUT2D eigenvalue weighted by atomic mass is 35.5. The van der Waals surface area contributed by atoms with Gasteiger partial charge >= 0.3 is 0 Å². The van der Waals surface area contributed by atoms with Crippen LogP contribution in [0.15, 0.2) is 36.7 Å². The Bertz CT molecular complexity index is 1250. The lowest BCUT2D eigenvalue weighted by Crippen LogP contribution is -2.00. The van der Waals surface area contributed by atoms with Gasteiger partial charge in [0.25, 0.3) is 0 Å². The Morgan fingerprint density at radius 1 is 1.12 bits per heavy atom. The van der Waals surface area contributed by atoms with Gasteiger partial charge in [0.1, 0.15) is 24.2 Å². The van der Waals surface area contributed by atoms with E-state index in [2.05, 4.69) is 16.4 Å². The van der Waals surface area contributed by atoms with Crippen LogP contribution in [0, 0.1) is 11.3 Å². The first-order chi connectivity index (χ1) is 16.4. The summed E-state index contributed by atoms with van der Waals surface area (Å²) in [4.78, 5) is 14.9. The molecular formula is C25H25Cl2N3O4. The van der Waals surface area contributed by atoms with Gasteiger partial charge in [-0.25, -0.2) is 0 Å². The van der Waals surface area contributed by atoms with Crippen molar-refractivity contribution in [1.82, 2.24) is 4.98 Å². The highest BCUT2D eigenvalue weighted by Crippen LogP contribution is 2.39. The molecule has 3 aromatic rings. The summed E-state index contributed by atoms with van der Waals surface area (Å²) >= 11 is 12.5. The summed E-state index contributed by atoms with van der Waals surface area (Å²) in [5, 5.41) is 14.3. The Balaban J connectivity index is 0.00000199. The van der Waals surface area contributed by atoms with Gasteiger partial charge in [-0.3, -0.25) is 9.78 Å². The molecule has 0 saturated carbocycles. The van der Waals surface area contributed by atoms with E-state index < -0.39 is 0 Å². The van der Waals surface area contributed by atoms with Gasteiger partial charge < -0.3 is 19.5 Å². The Hall–Kier alpha value is -3.47. The fraction of sp³-hybridized carbons (Fsp3) is 0.240. The van der Waals surface area contributed by atoms with Crippen LogP contribution in [0.5, 0.6) is 11.5 Å². The van der Waals surface area contributed by atoms with E-state index in [1.54, 1.807) is 25.3 Å². The monoisotopic (exact) mass is 501 g/mol. The maximum absolute atomic E-state index is 10.5. The molecule has 0 aliphatic carbocycles. The average molecular weight is 502 g/mol. The van der Waals surface area contributed by atoms with Gasteiger partial charge in [0.2, 0.25) is 0 Å². The quantitative estimate of drug-likeness (QED) is 0.206. The third kappa shape index (κ3) is 5.90. The van der Waals surface area contributed by atoms with Crippen LogP contribution in [-0.4, -0.2) is 32.1 Å². The lowest BCUT2D eigenvalue weighted by atomic mass is 10.0. The molecule has 0 radical (unpaired) electrons. The number of ether oxygens (including phenoxy) is 3. The van der Waals surface area contributed by atoms with E-state index in [9.17, 15) is 10.1 Å². The number of aromatic nitrogens is 1. The first kappa shape index (κ1) is 26.8. The van der Waals surface area contributed by atoms with Gasteiger partial charge in [0.05, 0.1) is 53.0 Å². The number of nitrogens with one attached hydrogen (secondary N) is 1. The number of benzene rings is 2. The second-order valence-corrected chi connectivity index (χ2v) is 7.44. The lowest BCUT2D eigenvalue weighted by molar-refractivity contribution is -0.110. The molecule has 9 heteroatoms. The predicted molar refractivity (Wildman–Crippen MR) is 136 cm³/mol. The Morgan fingerprint density at radius 2 is 1.82 bits per heavy atom. The molecule has 7 nitrogen and oxygen atoms in total. The second-order valence-electron chi connectivity index (χ2n) is 6.62. The van der Waals surface area contributed by atoms with Crippen molar-refractivity contribution < 1.29 is 19.0 Å². The lowest BCUT2D eigenvalue weighted by Gasteiger charge is -2.16. The van der Waals surface area contributed by atoms with E-state index in [0.29, 0.717) is 55.7 Å². The van der Waals surface area contributed by atoms with E-state index in [4.69, 9.17) is 37.4 Å². The number of pyridine rings is 1. The fourth-order valence-electron chi connectivity index (χ4n) is 3.11. The Morgan fingerprint density at radius 3 is 2.44 bits per heavy atom. The van der Waals surface area contributed by atoms with Crippen molar-refractivity contribution in [3.63, 3.8) is 0 Å². The predicted octanol–water partition coefficient (Wildman–Crippen LogP) is 6.78. The third-order valence-corrected chi connectivity index (χ3v) is 5.27. The SMILES string of the molecule is CC.COc1cc(Nc2c(C#N)cnc3cc(/C(C)=C/OCC=O)c(OC)cc23)c(Cl)cc1Cl. The summed E-state index contributed by atoms with van der Waals surface area (Å²) in [5.74, 6) is 0.979. The summed E-state index contributed by atoms with van der Waals surface area (Å²) in [7, 11) is 3.04. The van der Waals surface area contributed by atoms with Crippen molar-refractivity contribution in [2.75, 3.05) is 26.1 Å². The summed E-state index contributed by atoms with van der Waals surface area (Å²) in [6, 6.07) is 8.96. The molecule has 3 rings (SSSR count). The van der Waals surface area contributed by atoms with Crippen LogP contribution in [0.1, 0.15) is 31.9 Å². The molecule has 0 fully saturated rings. The van der Waals surface area contributed by atoms with Crippen LogP contribution in [0.3, 0.4) is 0 Å². The average Bonchev–Trinajstić information content (AvgIpc) is 2.86. The first-order valence-corrected chi connectivity index (χ1v) is 11.1. The number of methoxy groups -OCH3 is 2. The van der Waals surface area contributed by atoms with Crippen molar-refractivity contribution >= 4 is 57.3 Å². The molecule has 178 valence electrons.